The molecule has 142 valence electrons. The molecule has 5 rings (SSSR count). The van der Waals surface area contributed by atoms with Gasteiger partial charge in [0.2, 0.25) is 5.78 Å². The SMILES string of the molecule is CC1CCNc2c1ccc1c2NC=C(C(=O)c2cc3ncc(Cl)cn3n2)C1C. The number of nitrogens with zero attached hydrogens (tertiary/aromatic N) is 3. The first kappa shape index (κ1) is 17.3. The van der Waals surface area contributed by atoms with Crippen molar-refractivity contribution in [2.45, 2.75) is 32.1 Å². The molecule has 2 N–H and O–H groups in total. The molecule has 0 amide bonds. The minimum absolute atomic E-state index is 0.0329. The summed E-state index contributed by atoms with van der Waals surface area (Å²) in [7, 11) is 0. The molecule has 0 fully saturated rings. The van der Waals surface area contributed by atoms with Gasteiger partial charge in [0, 0.05) is 36.5 Å². The Morgan fingerprint density at radius 2 is 2.07 bits per heavy atom. The zero-order chi connectivity index (χ0) is 19.4. The van der Waals surface area contributed by atoms with E-state index in [-0.39, 0.29) is 11.7 Å². The molecule has 0 aliphatic carbocycles. The molecule has 0 bridgehead atoms. The van der Waals surface area contributed by atoms with Gasteiger partial charge in [-0.3, -0.25) is 4.79 Å². The van der Waals surface area contributed by atoms with E-state index in [1.54, 1.807) is 18.5 Å². The average molecular weight is 394 g/mol. The van der Waals surface area contributed by atoms with Gasteiger partial charge in [-0.15, -0.1) is 0 Å². The quantitative estimate of drug-likeness (QED) is 0.623. The molecule has 7 heteroatoms. The summed E-state index contributed by atoms with van der Waals surface area (Å²) in [5, 5.41) is 11.7. The van der Waals surface area contributed by atoms with Crippen LogP contribution in [-0.2, 0) is 0 Å². The molecule has 1 aromatic carbocycles. The van der Waals surface area contributed by atoms with Gasteiger partial charge >= 0.3 is 0 Å². The van der Waals surface area contributed by atoms with E-state index in [2.05, 4.69) is 46.7 Å². The maximum Gasteiger partial charge on any atom is 0.211 e. The lowest BCUT2D eigenvalue weighted by molar-refractivity contribution is 0.102. The van der Waals surface area contributed by atoms with Gasteiger partial charge < -0.3 is 10.6 Å². The highest BCUT2D eigenvalue weighted by atomic mass is 35.5. The number of carbonyl (C=O) groups excluding carboxylic acids is 1. The lowest BCUT2D eigenvalue weighted by Crippen LogP contribution is -2.22. The summed E-state index contributed by atoms with van der Waals surface area (Å²) < 4.78 is 1.53. The Morgan fingerprint density at radius 3 is 2.93 bits per heavy atom. The normalized spacial score (nSPS) is 20.6. The van der Waals surface area contributed by atoms with Crippen LogP contribution in [0, 0.1) is 0 Å². The van der Waals surface area contributed by atoms with Crippen LogP contribution >= 0.6 is 11.6 Å². The number of halogens is 1. The van der Waals surface area contributed by atoms with Gasteiger partial charge in [-0.25, -0.2) is 9.50 Å². The lowest BCUT2D eigenvalue weighted by Gasteiger charge is -2.31. The van der Waals surface area contributed by atoms with Crippen molar-refractivity contribution in [3.05, 3.63) is 64.2 Å². The first-order chi connectivity index (χ1) is 13.5. The Kier molecular flexibility index (Phi) is 3.91. The van der Waals surface area contributed by atoms with Gasteiger partial charge in [0.25, 0.3) is 0 Å². The number of ketones is 1. The number of anilines is 2. The number of hydrogen-bond acceptors (Lipinski definition) is 5. The van der Waals surface area contributed by atoms with E-state index in [9.17, 15) is 4.79 Å². The predicted octanol–water partition coefficient (Wildman–Crippen LogP) is 4.60. The van der Waals surface area contributed by atoms with Crippen molar-refractivity contribution in [3.63, 3.8) is 0 Å². The van der Waals surface area contributed by atoms with E-state index in [0.717, 1.165) is 29.9 Å². The maximum atomic E-state index is 13.2. The summed E-state index contributed by atoms with van der Waals surface area (Å²) >= 11 is 5.97. The highest BCUT2D eigenvalue weighted by Gasteiger charge is 2.30. The molecule has 2 aromatic heterocycles. The number of rotatable bonds is 2. The molecule has 2 atom stereocenters. The standard InChI is InChI=1S/C21H20ClN5O/c1-11-5-6-23-19-14(11)3-4-15-12(2)16(9-25-20(15)19)21(28)17-7-18-24-8-13(22)10-27(18)26-17/h3-4,7-12,23,25H,5-6H2,1-2H3. The van der Waals surface area contributed by atoms with Gasteiger partial charge in [0.15, 0.2) is 5.65 Å². The Balaban J connectivity index is 1.52. The van der Waals surface area contributed by atoms with Crippen LogP contribution in [0.1, 0.15) is 53.7 Å². The second kappa shape index (κ2) is 6.34. The fraction of sp³-hybridized carbons (Fsp3) is 0.286. The predicted molar refractivity (Wildman–Crippen MR) is 110 cm³/mol. The van der Waals surface area contributed by atoms with Crippen molar-refractivity contribution >= 4 is 34.4 Å². The number of aromatic nitrogens is 3. The molecule has 2 aliphatic heterocycles. The molecule has 4 heterocycles. The van der Waals surface area contributed by atoms with Gasteiger partial charge in [-0.2, -0.15) is 5.10 Å². The van der Waals surface area contributed by atoms with Crippen LogP contribution in [0.15, 0.2) is 42.4 Å². The molecule has 6 nitrogen and oxygen atoms in total. The third kappa shape index (κ3) is 2.59. The van der Waals surface area contributed by atoms with Gasteiger partial charge in [-0.05, 0) is 23.5 Å². The van der Waals surface area contributed by atoms with E-state index in [1.807, 2.05) is 6.20 Å². The summed E-state index contributed by atoms with van der Waals surface area (Å²) in [6.07, 6.45) is 6.14. The summed E-state index contributed by atoms with van der Waals surface area (Å²) in [6.45, 7) is 5.28. The third-order valence-electron chi connectivity index (χ3n) is 5.76. The number of allylic oxidation sites excluding steroid dienone is 1. The molecule has 0 spiro atoms. The van der Waals surface area contributed by atoms with E-state index in [1.165, 1.54) is 10.1 Å². The van der Waals surface area contributed by atoms with E-state index in [0.29, 0.717) is 27.9 Å². The molecule has 3 aromatic rings. The largest absolute Gasteiger partial charge is 0.383 e. The summed E-state index contributed by atoms with van der Waals surface area (Å²) in [5.74, 6) is 0.392. The Labute approximate surface area is 167 Å². The highest BCUT2D eigenvalue weighted by molar-refractivity contribution is 6.30. The second-order valence-corrected chi connectivity index (χ2v) is 7.95. The monoisotopic (exact) mass is 393 g/mol. The molecule has 0 saturated carbocycles. The van der Waals surface area contributed by atoms with Crippen molar-refractivity contribution in [2.24, 2.45) is 0 Å². The average Bonchev–Trinajstić information content (AvgIpc) is 3.11. The highest BCUT2D eigenvalue weighted by Crippen LogP contribution is 2.45. The molecule has 0 saturated heterocycles. The molecule has 0 radical (unpaired) electrons. The van der Waals surface area contributed by atoms with Crippen molar-refractivity contribution in [2.75, 3.05) is 17.2 Å². The number of hydrogen-bond donors (Lipinski definition) is 2. The topological polar surface area (TPSA) is 71.3 Å². The Bertz CT molecular complexity index is 1150. The van der Waals surface area contributed by atoms with Crippen molar-refractivity contribution in [1.29, 1.82) is 0 Å². The maximum absolute atomic E-state index is 13.2. The molecular formula is C21H20ClN5O. The van der Waals surface area contributed by atoms with Gasteiger partial charge in [0.05, 0.1) is 22.6 Å². The van der Waals surface area contributed by atoms with Crippen LogP contribution in [-0.4, -0.2) is 26.9 Å². The van der Waals surface area contributed by atoms with Crippen molar-refractivity contribution in [1.82, 2.24) is 14.6 Å². The van der Waals surface area contributed by atoms with Crippen LogP contribution in [0.25, 0.3) is 5.65 Å². The van der Waals surface area contributed by atoms with Crippen molar-refractivity contribution in [3.8, 4) is 0 Å². The third-order valence-corrected chi connectivity index (χ3v) is 5.96. The first-order valence-corrected chi connectivity index (χ1v) is 9.83. The van der Waals surface area contributed by atoms with E-state index in [4.69, 9.17) is 11.6 Å². The van der Waals surface area contributed by atoms with Gasteiger partial charge in [0.1, 0.15) is 5.69 Å². The van der Waals surface area contributed by atoms with Crippen LogP contribution in [0.4, 0.5) is 11.4 Å². The van der Waals surface area contributed by atoms with Crippen LogP contribution in [0.5, 0.6) is 0 Å². The minimum Gasteiger partial charge on any atom is -0.383 e. The minimum atomic E-state index is -0.105. The number of nitrogens with one attached hydrogen (secondary N) is 2. The smallest absolute Gasteiger partial charge is 0.211 e. The van der Waals surface area contributed by atoms with Crippen LogP contribution in [0.3, 0.4) is 0 Å². The molecular weight excluding hydrogens is 374 g/mol. The summed E-state index contributed by atoms with van der Waals surface area (Å²) in [6, 6.07) is 6.02. The Morgan fingerprint density at radius 1 is 1.25 bits per heavy atom. The van der Waals surface area contributed by atoms with Gasteiger partial charge in [-0.1, -0.05) is 37.6 Å². The number of benzene rings is 1. The number of Topliss-reactive ketones (excluding diaryl/α,β-unsaturated/α-hetero) is 1. The zero-order valence-electron chi connectivity index (χ0n) is 15.7. The summed E-state index contributed by atoms with van der Waals surface area (Å²) in [5.41, 5.74) is 6.34. The second-order valence-electron chi connectivity index (χ2n) is 7.51. The molecule has 28 heavy (non-hydrogen) atoms. The zero-order valence-corrected chi connectivity index (χ0v) is 16.4. The molecule has 2 aliphatic rings. The first-order valence-electron chi connectivity index (χ1n) is 9.46. The number of fused-ring (bicyclic) bond motifs is 4. The van der Waals surface area contributed by atoms with Crippen LogP contribution in [0.2, 0.25) is 5.02 Å². The lowest BCUT2D eigenvalue weighted by atomic mass is 9.82. The fourth-order valence-corrected chi connectivity index (χ4v) is 4.28. The van der Waals surface area contributed by atoms with Crippen LogP contribution < -0.4 is 10.6 Å². The Hall–Kier alpha value is -2.86. The fourth-order valence-electron chi connectivity index (χ4n) is 4.14. The summed E-state index contributed by atoms with van der Waals surface area (Å²) in [4.78, 5) is 17.4. The van der Waals surface area contributed by atoms with E-state index < -0.39 is 0 Å². The molecule has 2 unspecified atom stereocenters. The van der Waals surface area contributed by atoms with E-state index >= 15 is 0 Å². The number of carbonyl (C=O) groups is 1. The van der Waals surface area contributed by atoms with Crippen molar-refractivity contribution < 1.29 is 4.79 Å².